The first-order chi connectivity index (χ1) is 32.1. The Balaban J connectivity index is 1.10. The molecule has 360 valence electrons. The van der Waals surface area contributed by atoms with Gasteiger partial charge in [-0.25, -0.2) is 5.43 Å². The van der Waals surface area contributed by atoms with Crippen molar-refractivity contribution in [1.82, 2.24) is 35.4 Å². The summed E-state index contributed by atoms with van der Waals surface area (Å²) in [5.74, 6) is -1.43. The predicted octanol–water partition coefficient (Wildman–Crippen LogP) is 5.21. The van der Waals surface area contributed by atoms with Gasteiger partial charge in [0.25, 0.3) is 5.91 Å². The minimum absolute atomic E-state index is 0.0129. The Hall–Kier alpha value is -5.09. The second-order valence-corrected chi connectivity index (χ2v) is 21.1. The fraction of sp³-hybridized carbons (Fsp3) is 0.596. The fourth-order valence-corrected chi connectivity index (χ4v) is 11.5. The lowest BCUT2D eigenvalue weighted by molar-refractivity contribution is -0.155. The highest BCUT2D eigenvalue weighted by molar-refractivity contribution is 5.96. The summed E-state index contributed by atoms with van der Waals surface area (Å²) >= 11 is 0. The van der Waals surface area contributed by atoms with E-state index in [0.29, 0.717) is 63.5 Å². The van der Waals surface area contributed by atoms with E-state index in [-0.39, 0.29) is 36.7 Å². The summed E-state index contributed by atoms with van der Waals surface area (Å²) < 4.78 is 14.4. The number of phenols is 1. The maximum atomic E-state index is 14.8. The quantitative estimate of drug-likeness (QED) is 0.156. The maximum absolute atomic E-state index is 14.8. The standard InChI is InChI=1S/C52H70N8O7/c1-8-58-43-14-13-34-25-39(43)40(46(58)38-11-9-17-53-44(38)32(4)66-7)26-51(5,6)30-67-49(64)41-12-10-18-60(56-41)48(63)42(23-33-21-35(34)24-37(61)22-33)55-47(62)45(31(2)3)59-20-16-52(50(59)65)15-19-57(29-52)28-36-27-54-36/h13-14,17,21-22,24-25,31-32,36,41-42,45,54,56,61H,8-12,15-16,18-20,23,26-30H2,1-7H3,(H,55,62)/t32-,36+,41-,42-,45-,52-/m0/s1. The summed E-state index contributed by atoms with van der Waals surface area (Å²) in [6.45, 7) is 17.4. The number of phenolic OH excluding ortho intramolecular Hbond substituents is 1. The van der Waals surface area contributed by atoms with Gasteiger partial charge < -0.3 is 39.6 Å². The first kappa shape index (κ1) is 47.0. The SMILES string of the molecule is CCn1c(C2=C([C@H](C)OC)N=CCC2)c2c3cc(ccc31)-c1cc(O)cc(c1)C[C@H](NC(=O)[C@H](C(C)C)N1CC[C@]3(CCN(C[C@H]4CN4)C3)C1=O)C(=O)N1CCC[C@H](N1)C(=O)OCC(C)(C)C2. The zero-order valence-electron chi connectivity index (χ0n) is 40.5. The van der Waals surface area contributed by atoms with Crippen LogP contribution in [0.1, 0.15) is 96.9 Å². The van der Waals surface area contributed by atoms with Gasteiger partial charge in [0.15, 0.2) is 0 Å². The van der Waals surface area contributed by atoms with Crippen LogP contribution in [0.2, 0.25) is 0 Å². The number of hydrogen-bond acceptors (Lipinski definition) is 11. The number of aromatic nitrogens is 1. The number of nitrogens with one attached hydrogen (secondary N) is 3. The number of esters is 1. The molecule has 1 aromatic heterocycles. The smallest absolute Gasteiger partial charge is 0.324 e. The van der Waals surface area contributed by atoms with E-state index in [1.165, 1.54) is 5.01 Å². The number of allylic oxidation sites excluding steroid dienone is 1. The molecule has 6 aliphatic rings. The number of cyclic esters (lactones) is 1. The number of nitrogens with zero attached hydrogens (tertiary/aromatic N) is 5. The van der Waals surface area contributed by atoms with Crippen LogP contribution >= 0.6 is 0 Å². The number of amides is 3. The van der Waals surface area contributed by atoms with E-state index >= 15 is 0 Å². The lowest BCUT2D eigenvalue weighted by Crippen LogP contribution is -2.62. The number of benzene rings is 2. The van der Waals surface area contributed by atoms with E-state index < -0.39 is 46.7 Å². The Morgan fingerprint density at radius 3 is 2.60 bits per heavy atom. The molecule has 4 saturated heterocycles. The topological polar surface area (TPSA) is 180 Å². The number of hydrogen-bond donors (Lipinski definition) is 4. The Labute approximate surface area is 394 Å². The number of aromatic hydroxyl groups is 1. The molecule has 3 aromatic rings. The summed E-state index contributed by atoms with van der Waals surface area (Å²) in [7, 11) is 1.71. The number of hydrazine groups is 1. The fourth-order valence-electron chi connectivity index (χ4n) is 11.5. The largest absolute Gasteiger partial charge is 0.508 e. The Morgan fingerprint density at radius 1 is 1.06 bits per heavy atom. The molecule has 7 heterocycles. The van der Waals surface area contributed by atoms with Crippen LogP contribution in [-0.2, 0) is 48.0 Å². The molecule has 4 fully saturated rings. The number of aliphatic imine (C=N–C) groups is 1. The van der Waals surface area contributed by atoms with Crippen molar-refractivity contribution < 1.29 is 33.8 Å². The van der Waals surface area contributed by atoms with Crippen LogP contribution < -0.4 is 16.1 Å². The van der Waals surface area contributed by atoms with Gasteiger partial charge in [-0.2, -0.15) is 0 Å². The molecule has 3 amide bonds. The van der Waals surface area contributed by atoms with Gasteiger partial charge in [-0.3, -0.25) is 29.2 Å². The number of likely N-dealkylation sites (tertiary alicyclic amines) is 2. The lowest BCUT2D eigenvalue weighted by Gasteiger charge is -2.37. The minimum atomic E-state index is -1.09. The van der Waals surface area contributed by atoms with Crippen LogP contribution in [0.5, 0.6) is 5.75 Å². The third-order valence-electron chi connectivity index (χ3n) is 15.1. The summed E-state index contributed by atoms with van der Waals surface area (Å²) in [5, 5.41) is 20.4. The van der Waals surface area contributed by atoms with Crippen molar-refractivity contribution in [1.29, 1.82) is 0 Å². The van der Waals surface area contributed by atoms with E-state index in [2.05, 4.69) is 64.5 Å². The van der Waals surface area contributed by atoms with Gasteiger partial charge in [-0.05, 0) is 118 Å². The third kappa shape index (κ3) is 9.41. The van der Waals surface area contributed by atoms with Gasteiger partial charge in [0, 0.05) is 86.9 Å². The molecule has 6 atom stereocenters. The average Bonchev–Trinajstić information content (AvgIpc) is 3.85. The lowest BCUT2D eigenvalue weighted by atomic mass is 9.83. The van der Waals surface area contributed by atoms with Gasteiger partial charge in [-0.15, -0.1) is 0 Å². The van der Waals surface area contributed by atoms with Crippen LogP contribution in [-0.4, -0.2) is 138 Å². The molecule has 2 aromatic carbocycles. The van der Waals surface area contributed by atoms with Crippen molar-refractivity contribution in [2.75, 3.05) is 53.0 Å². The minimum Gasteiger partial charge on any atom is -0.508 e. The number of methoxy groups -OCH3 is 1. The van der Waals surface area contributed by atoms with Crippen LogP contribution in [0, 0.1) is 16.7 Å². The van der Waals surface area contributed by atoms with Crippen molar-refractivity contribution in [3.8, 4) is 16.9 Å². The van der Waals surface area contributed by atoms with Crippen LogP contribution in [0.4, 0.5) is 0 Å². The molecule has 67 heavy (non-hydrogen) atoms. The first-order valence-corrected chi connectivity index (χ1v) is 24.7. The summed E-state index contributed by atoms with van der Waals surface area (Å²) in [6.07, 6.45) is 6.49. The molecule has 4 N–H and O–H groups in total. The van der Waals surface area contributed by atoms with Gasteiger partial charge >= 0.3 is 5.97 Å². The van der Waals surface area contributed by atoms with Crippen molar-refractivity contribution in [3.05, 3.63) is 58.9 Å². The Morgan fingerprint density at radius 2 is 1.85 bits per heavy atom. The zero-order valence-corrected chi connectivity index (χ0v) is 40.5. The number of ether oxygens (including phenoxy) is 2. The van der Waals surface area contributed by atoms with E-state index in [0.717, 1.165) is 83.5 Å². The van der Waals surface area contributed by atoms with Crippen molar-refractivity contribution in [2.24, 2.45) is 21.7 Å². The molecule has 0 saturated carbocycles. The van der Waals surface area contributed by atoms with Crippen LogP contribution in [0.25, 0.3) is 27.6 Å². The zero-order chi connectivity index (χ0) is 47.4. The number of rotatable bonds is 10. The second kappa shape index (κ2) is 18.8. The number of carbonyl (C=O) groups excluding carboxylic acids is 4. The molecular weight excluding hydrogens is 849 g/mol. The van der Waals surface area contributed by atoms with E-state index in [4.69, 9.17) is 14.5 Å². The van der Waals surface area contributed by atoms with Gasteiger partial charge in [0.1, 0.15) is 23.9 Å². The third-order valence-corrected chi connectivity index (χ3v) is 15.1. The highest BCUT2D eigenvalue weighted by atomic mass is 16.5. The highest BCUT2D eigenvalue weighted by Crippen LogP contribution is 2.44. The number of aryl methyl sites for hydroxylation is 1. The molecule has 15 nitrogen and oxygen atoms in total. The monoisotopic (exact) mass is 919 g/mol. The maximum Gasteiger partial charge on any atom is 0.324 e. The first-order valence-electron chi connectivity index (χ1n) is 24.7. The Kier molecular flexibility index (Phi) is 13.2. The summed E-state index contributed by atoms with van der Waals surface area (Å²) in [6, 6.07) is 9.57. The highest BCUT2D eigenvalue weighted by Gasteiger charge is 2.54. The van der Waals surface area contributed by atoms with E-state index in [9.17, 15) is 24.3 Å². The average molecular weight is 919 g/mol. The molecule has 0 aliphatic carbocycles. The van der Waals surface area contributed by atoms with Crippen molar-refractivity contribution in [2.45, 2.75) is 130 Å². The van der Waals surface area contributed by atoms with E-state index in [1.807, 2.05) is 33.1 Å². The number of fused-ring (bicyclic) bond motifs is 6. The molecule has 0 unspecified atom stereocenters. The van der Waals surface area contributed by atoms with Gasteiger partial charge in [0.05, 0.1) is 29.5 Å². The summed E-state index contributed by atoms with van der Waals surface area (Å²) in [5.41, 5.74) is 9.82. The summed E-state index contributed by atoms with van der Waals surface area (Å²) in [4.78, 5) is 67.0. The molecule has 6 bridgehead atoms. The van der Waals surface area contributed by atoms with Gasteiger partial charge in [0.2, 0.25) is 11.8 Å². The van der Waals surface area contributed by atoms with Crippen LogP contribution in [0.15, 0.2) is 47.1 Å². The molecule has 9 rings (SSSR count). The Bertz CT molecular complexity index is 2490. The normalized spacial score (nSPS) is 26.7. The predicted molar refractivity (Wildman–Crippen MR) is 258 cm³/mol. The van der Waals surface area contributed by atoms with Crippen LogP contribution in [0.3, 0.4) is 0 Å². The molecule has 15 heteroatoms. The molecule has 0 radical (unpaired) electrons. The molecule has 1 spiro atoms. The number of carbonyl (C=O) groups is 4. The second-order valence-electron chi connectivity index (χ2n) is 21.1. The molecular formula is C52H70N8O7. The molecule has 6 aliphatic heterocycles. The van der Waals surface area contributed by atoms with Crippen molar-refractivity contribution >= 4 is 46.4 Å². The van der Waals surface area contributed by atoms with Gasteiger partial charge in [-0.1, -0.05) is 39.8 Å². The van der Waals surface area contributed by atoms with E-state index in [1.54, 1.807) is 24.1 Å². The van der Waals surface area contributed by atoms with Crippen molar-refractivity contribution in [3.63, 3.8) is 0 Å².